The molecule has 3 heteroatoms. The lowest BCUT2D eigenvalue weighted by Gasteiger charge is -2.33. The first-order valence-electron chi connectivity index (χ1n) is 5.86. The van der Waals surface area contributed by atoms with Crippen LogP contribution in [0.2, 0.25) is 0 Å². The van der Waals surface area contributed by atoms with Crippen LogP contribution in [0.4, 0.5) is 0 Å². The zero-order chi connectivity index (χ0) is 9.97. The molecule has 2 aliphatic rings. The van der Waals surface area contributed by atoms with Gasteiger partial charge in [-0.3, -0.25) is 4.90 Å². The number of likely N-dealkylation sites (N-methyl/N-ethyl adjacent to an activating group) is 1. The molecule has 1 unspecified atom stereocenters. The molecule has 0 radical (unpaired) electrons. The summed E-state index contributed by atoms with van der Waals surface area (Å²) in [5.74, 6) is 0. The lowest BCUT2D eigenvalue weighted by molar-refractivity contribution is 0.0587. The van der Waals surface area contributed by atoms with Crippen molar-refractivity contribution in [2.45, 2.75) is 37.8 Å². The zero-order valence-electron chi connectivity index (χ0n) is 9.15. The second kappa shape index (κ2) is 4.60. The molecule has 0 saturated carbocycles. The van der Waals surface area contributed by atoms with Crippen LogP contribution in [0.3, 0.4) is 0 Å². The van der Waals surface area contributed by atoms with E-state index < -0.39 is 0 Å². The summed E-state index contributed by atoms with van der Waals surface area (Å²) in [6.45, 7) is 4.49. The number of β-amino-alcohol motifs (C(OH)–C–C–N with tert-alkyl or cyclic N) is 1. The maximum absolute atomic E-state index is 9.56. The van der Waals surface area contributed by atoms with Crippen molar-refractivity contribution in [2.24, 2.45) is 0 Å². The fourth-order valence-electron chi connectivity index (χ4n) is 2.70. The fraction of sp³-hybridized carbons (Fsp3) is 1.00. The van der Waals surface area contributed by atoms with E-state index in [2.05, 4.69) is 16.8 Å². The molecule has 2 aliphatic heterocycles. The van der Waals surface area contributed by atoms with Crippen LogP contribution in [0.25, 0.3) is 0 Å². The first kappa shape index (κ1) is 10.4. The molecule has 0 aromatic heterocycles. The van der Waals surface area contributed by atoms with Gasteiger partial charge < -0.3 is 10.0 Å². The van der Waals surface area contributed by atoms with Gasteiger partial charge in [0.15, 0.2) is 0 Å². The third-order valence-corrected chi connectivity index (χ3v) is 3.62. The molecule has 2 atom stereocenters. The Bertz CT molecular complexity index is 186. The average molecular weight is 198 g/mol. The Morgan fingerprint density at radius 3 is 2.64 bits per heavy atom. The fourth-order valence-corrected chi connectivity index (χ4v) is 2.70. The van der Waals surface area contributed by atoms with Crippen molar-refractivity contribution in [2.75, 3.05) is 33.2 Å². The summed E-state index contributed by atoms with van der Waals surface area (Å²) in [6, 6.07) is 0.736. The van der Waals surface area contributed by atoms with Gasteiger partial charge in [-0.2, -0.15) is 0 Å². The molecule has 0 aromatic carbocycles. The van der Waals surface area contributed by atoms with Gasteiger partial charge in [-0.1, -0.05) is 0 Å². The Morgan fingerprint density at radius 1 is 1.21 bits per heavy atom. The van der Waals surface area contributed by atoms with E-state index in [0.29, 0.717) is 0 Å². The Labute approximate surface area is 86.7 Å². The molecule has 0 bridgehead atoms. The Balaban J connectivity index is 1.78. The van der Waals surface area contributed by atoms with Gasteiger partial charge in [-0.15, -0.1) is 0 Å². The van der Waals surface area contributed by atoms with Crippen LogP contribution in [-0.4, -0.2) is 60.3 Å². The highest BCUT2D eigenvalue weighted by Crippen LogP contribution is 2.18. The molecule has 0 aromatic rings. The summed E-state index contributed by atoms with van der Waals surface area (Å²) >= 11 is 0. The summed E-state index contributed by atoms with van der Waals surface area (Å²) in [6.07, 6.45) is 4.77. The van der Waals surface area contributed by atoms with Crippen molar-refractivity contribution in [3.05, 3.63) is 0 Å². The molecule has 0 amide bonds. The molecular weight excluding hydrogens is 176 g/mol. The first-order valence-corrected chi connectivity index (χ1v) is 5.86. The van der Waals surface area contributed by atoms with Gasteiger partial charge in [0.25, 0.3) is 0 Å². The Morgan fingerprint density at radius 2 is 2.00 bits per heavy atom. The number of aliphatic hydroxyl groups is 1. The van der Waals surface area contributed by atoms with E-state index >= 15 is 0 Å². The van der Waals surface area contributed by atoms with Gasteiger partial charge in [-0.25, -0.2) is 0 Å². The largest absolute Gasteiger partial charge is 0.392 e. The van der Waals surface area contributed by atoms with Crippen molar-refractivity contribution < 1.29 is 5.11 Å². The van der Waals surface area contributed by atoms with Gasteiger partial charge in [0, 0.05) is 19.1 Å². The summed E-state index contributed by atoms with van der Waals surface area (Å²) in [4.78, 5) is 4.89. The van der Waals surface area contributed by atoms with Gasteiger partial charge in [0.1, 0.15) is 0 Å². The average Bonchev–Trinajstić information content (AvgIpc) is 2.52. The molecular formula is C11H22N2O. The molecule has 82 valence electrons. The van der Waals surface area contributed by atoms with Gasteiger partial charge in [0.2, 0.25) is 0 Å². The van der Waals surface area contributed by atoms with Crippen LogP contribution in [-0.2, 0) is 0 Å². The number of aliphatic hydroxyl groups excluding tert-OH is 1. The minimum atomic E-state index is -0.0736. The zero-order valence-corrected chi connectivity index (χ0v) is 9.15. The molecule has 0 spiro atoms. The van der Waals surface area contributed by atoms with E-state index in [9.17, 15) is 5.11 Å². The maximum atomic E-state index is 9.56. The van der Waals surface area contributed by atoms with Crippen LogP contribution in [0.1, 0.15) is 25.7 Å². The minimum absolute atomic E-state index is 0.0736. The number of hydrogen-bond acceptors (Lipinski definition) is 3. The molecule has 2 saturated heterocycles. The molecule has 1 N–H and O–H groups in total. The molecule has 3 nitrogen and oxygen atoms in total. The van der Waals surface area contributed by atoms with Crippen molar-refractivity contribution in [3.63, 3.8) is 0 Å². The van der Waals surface area contributed by atoms with E-state index in [-0.39, 0.29) is 6.10 Å². The molecule has 2 fully saturated rings. The highest BCUT2D eigenvalue weighted by atomic mass is 16.3. The number of hydrogen-bond donors (Lipinski definition) is 1. The second-order valence-corrected chi connectivity index (χ2v) is 4.83. The van der Waals surface area contributed by atoms with Gasteiger partial charge >= 0.3 is 0 Å². The lowest BCUT2D eigenvalue weighted by Crippen LogP contribution is -2.44. The SMILES string of the molecule is CN1CCCC1CN1CCC[C@H](O)C1. The Hall–Kier alpha value is -0.120. The normalized spacial score (nSPS) is 36.4. The first-order chi connectivity index (χ1) is 6.75. The predicted octanol–water partition coefficient (Wildman–Crippen LogP) is 0.537. The molecule has 2 rings (SSSR count). The van der Waals surface area contributed by atoms with E-state index in [1.54, 1.807) is 0 Å². The Kier molecular flexibility index (Phi) is 3.42. The lowest BCUT2D eigenvalue weighted by atomic mass is 10.1. The standard InChI is InChI=1S/C11H22N2O/c1-12-6-2-4-10(12)8-13-7-3-5-11(14)9-13/h10-11,14H,2-9H2,1H3/t10?,11-/m0/s1. The number of rotatable bonds is 2. The van der Waals surface area contributed by atoms with Crippen LogP contribution in [0, 0.1) is 0 Å². The summed E-state index contributed by atoms with van der Waals surface area (Å²) in [7, 11) is 2.22. The van der Waals surface area contributed by atoms with Gasteiger partial charge in [-0.05, 0) is 45.8 Å². The maximum Gasteiger partial charge on any atom is 0.0667 e. The topological polar surface area (TPSA) is 26.7 Å². The van der Waals surface area contributed by atoms with Gasteiger partial charge in [0.05, 0.1) is 6.10 Å². The smallest absolute Gasteiger partial charge is 0.0667 e. The highest BCUT2D eigenvalue weighted by Gasteiger charge is 2.25. The van der Waals surface area contributed by atoms with Crippen LogP contribution in [0.5, 0.6) is 0 Å². The van der Waals surface area contributed by atoms with E-state index in [4.69, 9.17) is 0 Å². The number of likely N-dealkylation sites (tertiary alicyclic amines) is 2. The third-order valence-electron chi connectivity index (χ3n) is 3.62. The van der Waals surface area contributed by atoms with E-state index in [1.165, 1.54) is 25.9 Å². The van der Waals surface area contributed by atoms with Crippen molar-refractivity contribution >= 4 is 0 Å². The third kappa shape index (κ3) is 2.47. The monoisotopic (exact) mass is 198 g/mol. The summed E-state index contributed by atoms with van der Waals surface area (Å²) < 4.78 is 0. The second-order valence-electron chi connectivity index (χ2n) is 4.83. The molecule has 0 aliphatic carbocycles. The molecule has 2 heterocycles. The minimum Gasteiger partial charge on any atom is -0.392 e. The quantitative estimate of drug-likeness (QED) is 0.701. The van der Waals surface area contributed by atoms with E-state index in [0.717, 1.165) is 32.0 Å². The number of nitrogens with zero attached hydrogens (tertiary/aromatic N) is 2. The van der Waals surface area contributed by atoms with Crippen LogP contribution < -0.4 is 0 Å². The van der Waals surface area contributed by atoms with Crippen LogP contribution in [0.15, 0.2) is 0 Å². The predicted molar refractivity (Wildman–Crippen MR) is 57.3 cm³/mol. The van der Waals surface area contributed by atoms with Crippen molar-refractivity contribution in [1.29, 1.82) is 0 Å². The molecule has 14 heavy (non-hydrogen) atoms. The van der Waals surface area contributed by atoms with Crippen molar-refractivity contribution in [1.82, 2.24) is 9.80 Å². The summed E-state index contributed by atoms with van der Waals surface area (Å²) in [5, 5.41) is 9.56. The van der Waals surface area contributed by atoms with Crippen molar-refractivity contribution in [3.8, 4) is 0 Å². The van der Waals surface area contributed by atoms with Crippen LogP contribution >= 0.6 is 0 Å². The number of piperidine rings is 1. The summed E-state index contributed by atoms with van der Waals surface area (Å²) in [5.41, 5.74) is 0. The van der Waals surface area contributed by atoms with E-state index in [1.807, 2.05) is 0 Å². The highest BCUT2D eigenvalue weighted by molar-refractivity contribution is 4.82.